The number of amides is 1. The average molecular weight is 281 g/mol. The first-order chi connectivity index (χ1) is 9.83. The topological polar surface area (TPSA) is 46.6 Å². The molecule has 0 aromatic rings. The Labute approximate surface area is 121 Å². The van der Waals surface area contributed by atoms with Crippen LogP contribution in [0.5, 0.6) is 0 Å². The van der Waals surface area contributed by atoms with E-state index in [1.54, 1.807) is 0 Å². The Bertz CT molecular complexity index is 289. The Morgan fingerprint density at radius 2 is 1.45 bits per heavy atom. The molecule has 4 nitrogen and oxygen atoms in total. The largest absolute Gasteiger partial charge is 0.467 e. The molecule has 2 rings (SSSR count). The molecule has 0 atom stereocenters. The lowest BCUT2D eigenvalue weighted by Gasteiger charge is -2.41. The SMILES string of the molecule is O=COCCC(=O)N(C1CCCCC1)C1CCCCC1. The van der Waals surface area contributed by atoms with Crippen molar-refractivity contribution in [2.75, 3.05) is 6.61 Å². The zero-order chi connectivity index (χ0) is 14.2. The van der Waals surface area contributed by atoms with Gasteiger partial charge in [-0.05, 0) is 25.7 Å². The van der Waals surface area contributed by atoms with E-state index < -0.39 is 0 Å². The van der Waals surface area contributed by atoms with Gasteiger partial charge in [-0.15, -0.1) is 0 Å². The Kier molecular flexibility index (Phi) is 6.34. The summed E-state index contributed by atoms with van der Waals surface area (Å²) in [5.41, 5.74) is 0. The zero-order valence-electron chi connectivity index (χ0n) is 12.4. The second-order valence-electron chi connectivity index (χ2n) is 6.10. The molecular weight excluding hydrogens is 254 g/mol. The van der Waals surface area contributed by atoms with Crippen LogP contribution >= 0.6 is 0 Å². The van der Waals surface area contributed by atoms with Crippen LogP contribution in [0.25, 0.3) is 0 Å². The van der Waals surface area contributed by atoms with Crippen LogP contribution in [0.4, 0.5) is 0 Å². The van der Waals surface area contributed by atoms with Crippen LogP contribution in [-0.4, -0.2) is 36.0 Å². The van der Waals surface area contributed by atoms with Gasteiger partial charge in [0.15, 0.2) is 0 Å². The number of hydrogen-bond donors (Lipinski definition) is 0. The highest BCUT2D eigenvalue weighted by Crippen LogP contribution is 2.30. The molecule has 0 unspecified atom stereocenters. The molecule has 0 aromatic heterocycles. The van der Waals surface area contributed by atoms with Crippen molar-refractivity contribution in [3.63, 3.8) is 0 Å². The van der Waals surface area contributed by atoms with E-state index in [-0.39, 0.29) is 12.5 Å². The van der Waals surface area contributed by atoms with E-state index >= 15 is 0 Å². The van der Waals surface area contributed by atoms with Gasteiger partial charge in [0.05, 0.1) is 13.0 Å². The molecule has 0 aliphatic heterocycles. The molecule has 4 heteroatoms. The van der Waals surface area contributed by atoms with Crippen LogP contribution in [0.1, 0.15) is 70.6 Å². The molecule has 0 bridgehead atoms. The van der Waals surface area contributed by atoms with Crippen molar-refractivity contribution in [3.8, 4) is 0 Å². The van der Waals surface area contributed by atoms with E-state index in [0.717, 1.165) is 25.7 Å². The van der Waals surface area contributed by atoms with Crippen molar-refractivity contribution in [1.29, 1.82) is 0 Å². The first kappa shape index (κ1) is 15.3. The van der Waals surface area contributed by atoms with Crippen molar-refractivity contribution >= 4 is 12.4 Å². The molecule has 2 aliphatic carbocycles. The number of rotatable bonds is 6. The van der Waals surface area contributed by atoms with Crippen LogP contribution in [0.3, 0.4) is 0 Å². The van der Waals surface area contributed by atoms with Crippen LogP contribution in [0.15, 0.2) is 0 Å². The van der Waals surface area contributed by atoms with E-state index in [1.807, 2.05) is 0 Å². The van der Waals surface area contributed by atoms with Crippen LogP contribution < -0.4 is 0 Å². The molecule has 0 aromatic carbocycles. The Hall–Kier alpha value is -1.06. The summed E-state index contributed by atoms with van der Waals surface area (Å²) in [6.07, 6.45) is 12.5. The van der Waals surface area contributed by atoms with Gasteiger partial charge in [-0.2, -0.15) is 0 Å². The monoisotopic (exact) mass is 281 g/mol. The fourth-order valence-corrected chi connectivity index (χ4v) is 3.75. The van der Waals surface area contributed by atoms with E-state index in [1.165, 1.54) is 38.5 Å². The minimum Gasteiger partial charge on any atom is -0.467 e. The van der Waals surface area contributed by atoms with Crippen molar-refractivity contribution in [1.82, 2.24) is 4.90 Å². The third kappa shape index (κ3) is 4.22. The van der Waals surface area contributed by atoms with Crippen LogP contribution in [-0.2, 0) is 14.3 Å². The molecule has 0 spiro atoms. The lowest BCUT2D eigenvalue weighted by Crippen LogP contribution is -2.49. The maximum atomic E-state index is 12.5. The summed E-state index contributed by atoms with van der Waals surface area (Å²) in [6.45, 7) is 0.650. The Morgan fingerprint density at radius 1 is 0.950 bits per heavy atom. The van der Waals surface area contributed by atoms with Gasteiger partial charge in [0.1, 0.15) is 0 Å². The standard InChI is InChI=1S/C16H27NO3/c18-13-20-12-11-16(19)17(14-7-3-1-4-8-14)15-9-5-2-6-10-15/h13-15H,1-12H2. The Balaban J connectivity index is 1.97. The second kappa shape index (κ2) is 8.28. The number of ether oxygens (including phenoxy) is 1. The first-order valence-corrected chi connectivity index (χ1v) is 8.19. The average Bonchev–Trinajstić information content (AvgIpc) is 2.50. The molecule has 2 fully saturated rings. The number of hydrogen-bond acceptors (Lipinski definition) is 3. The minimum absolute atomic E-state index is 0.186. The highest BCUT2D eigenvalue weighted by molar-refractivity contribution is 5.77. The normalized spacial score (nSPS) is 21.4. The first-order valence-electron chi connectivity index (χ1n) is 8.19. The van der Waals surface area contributed by atoms with E-state index in [9.17, 15) is 9.59 Å². The van der Waals surface area contributed by atoms with Crippen molar-refractivity contribution in [3.05, 3.63) is 0 Å². The van der Waals surface area contributed by atoms with Gasteiger partial charge < -0.3 is 9.64 Å². The van der Waals surface area contributed by atoms with Gasteiger partial charge in [-0.3, -0.25) is 9.59 Å². The van der Waals surface area contributed by atoms with Crippen LogP contribution in [0, 0.1) is 0 Å². The Morgan fingerprint density at radius 3 is 1.90 bits per heavy atom. The summed E-state index contributed by atoms with van der Waals surface area (Å²) in [6, 6.07) is 0.853. The number of carbonyl (C=O) groups excluding carboxylic acids is 2. The molecule has 1 amide bonds. The van der Waals surface area contributed by atoms with Crippen LogP contribution in [0.2, 0.25) is 0 Å². The fraction of sp³-hybridized carbons (Fsp3) is 0.875. The van der Waals surface area contributed by atoms with E-state index in [2.05, 4.69) is 4.90 Å². The molecule has 114 valence electrons. The molecule has 20 heavy (non-hydrogen) atoms. The molecule has 0 radical (unpaired) electrons. The quantitative estimate of drug-likeness (QED) is 0.555. The maximum Gasteiger partial charge on any atom is 0.293 e. The van der Waals surface area contributed by atoms with E-state index in [4.69, 9.17) is 4.74 Å². The molecule has 2 aliphatic rings. The lowest BCUT2D eigenvalue weighted by molar-refractivity contribution is -0.140. The molecule has 0 saturated heterocycles. The highest BCUT2D eigenvalue weighted by atomic mass is 16.5. The van der Waals surface area contributed by atoms with Gasteiger partial charge in [-0.25, -0.2) is 0 Å². The molecule has 0 heterocycles. The highest BCUT2D eigenvalue weighted by Gasteiger charge is 2.31. The second-order valence-corrected chi connectivity index (χ2v) is 6.10. The third-order valence-corrected chi connectivity index (χ3v) is 4.73. The minimum atomic E-state index is 0.186. The summed E-state index contributed by atoms with van der Waals surface area (Å²) in [4.78, 5) is 24.9. The fourth-order valence-electron chi connectivity index (χ4n) is 3.75. The summed E-state index contributed by atoms with van der Waals surface area (Å²) in [5, 5.41) is 0. The maximum absolute atomic E-state index is 12.5. The summed E-state index contributed by atoms with van der Waals surface area (Å²) < 4.78 is 4.70. The van der Waals surface area contributed by atoms with Gasteiger partial charge in [0, 0.05) is 12.1 Å². The van der Waals surface area contributed by atoms with Crippen molar-refractivity contribution < 1.29 is 14.3 Å². The lowest BCUT2D eigenvalue weighted by atomic mass is 9.88. The number of nitrogens with zero attached hydrogens (tertiary/aromatic N) is 1. The van der Waals surface area contributed by atoms with Gasteiger partial charge >= 0.3 is 0 Å². The summed E-state index contributed by atoms with van der Waals surface area (Å²) >= 11 is 0. The molecule has 0 N–H and O–H groups in total. The molecular formula is C16H27NO3. The zero-order valence-corrected chi connectivity index (χ0v) is 12.4. The smallest absolute Gasteiger partial charge is 0.293 e. The van der Waals surface area contributed by atoms with E-state index in [0.29, 0.717) is 25.0 Å². The number of carbonyl (C=O) groups is 2. The van der Waals surface area contributed by atoms with Crippen molar-refractivity contribution in [2.45, 2.75) is 82.7 Å². The summed E-state index contributed by atoms with van der Waals surface area (Å²) in [5.74, 6) is 0.186. The summed E-state index contributed by atoms with van der Waals surface area (Å²) in [7, 11) is 0. The van der Waals surface area contributed by atoms with Gasteiger partial charge in [0.2, 0.25) is 5.91 Å². The molecule has 2 saturated carbocycles. The predicted octanol–water partition coefficient (Wildman–Crippen LogP) is 3.04. The van der Waals surface area contributed by atoms with Gasteiger partial charge in [0.25, 0.3) is 6.47 Å². The third-order valence-electron chi connectivity index (χ3n) is 4.73. The van der Waals surface area contributed by atoms with Gasteiger partial charge in [-0.1, -0.05) is 38.5 Å². The predicted molar refractivity (Wildman–Crippen MR) is 77.2 cm³/mol. The van der Waals surface area contributed by atoms with Crippen molar-refractivity contribution in [2.24, 2.45) is 0 Å².